The predicted molar refractivity (Wildman–Crippen MR) is 83.7 cm³/mol. The Bertz CT molecular complexity index is 424. The second kappa shape index (κ2) is 8.37. The van der Waals surface area contributed by atoms with Crippen molar-refractivity contribution < 1.29 is 14.6 Å². The molecule has 2 unspecified atom stereocenters. The number of nitrogens with zero attached hydrogens (tertiary/aromatic N) is 1. The van der Waals surface area contributed by atoms with Crippen LogP contribution in [0.5, 0.6) is 5.75 Å². The summed E-state index contributed by atoms with van der Waals surface area (Å²) in [4.78, 5) is 2.30. The number of aryl methyl sites for hydroxylation is 1. The molecule has 0 aromatic heterocycles. The normalized spacial score (nSPS) is 20.6. The maximum atomic E-state index is 10.1. The summed E-state index contributed by atoms with van der Waals surface area (Å²) >= 11 is 0. The summed E-state index contributed by atoms with van der Waals surface area (Å²) in [5, 5.41) is 10.1. The fourth-order valence-corrected chi connectivity index (χ4v) is 2.75. The number of aliphatic hydroxyl groups is 1. The average molecular weight is 293 g/mol. The lowest BCUT2D eigenvalue weighted by molar-refractivity contribution is 0.0701. The summed E-state index contributed by atoms with van der Waals surface area (Å²) in [5.41, 5.74) is 1.17. The Hall–Kier alpha value is -1.10. The summed E-state index contributed by atoms with van der Waals surface area (Å²) < 4.78 is 11.1. The van der Waals surface area contributed by atoms with Crippen molar-refractivity contribution in [1.82, 2.24) is 4.90 Å². The van der Waals surface area contributed by atoms with Crippen molar-refractivity contribution in [2.45, 2.75) is 26.4 Å². The van der Waals surface area contributed by atoms with Crippen LogP contribution in [0.2, 0.25) is 0 Å². The number of rotatable bonds is 8. The van der Waals surface area contributed by atoms with E-state index in [1.54, 1.807) is 0 Å². The molecule has 1 aliphatic heterocycles. The van der Waals surface area contributed by atoms with E-state index in [1.807, 2.05) is 38.1 Å². The number of likely N-dealkylation sites (tertiary alicyclic amines) is 1. The molecule has 1 aromatic rings. The van der Waals surface area contributed by atoms with Crippen molar-refractivity contribution in [3.05, 3.63) is 29.8 Å². The molecule has 118 valence electrons. The number of benzene rings is 1. The van der Waals surface area contributed by atoms with Crippen molar-refractivity contribution >= 4 is 0 Å². The highest BCUT2D eigenvalue weighted by Crippen LogP contribution is 2.17. The van der Waals surface area contributed by atoms with Gasteiger partial charge in [-0.25, -0.2) is 0 Å². The van der Waals surface area contributed by atoms with E-state index in [-0.39, 0.29) is 0 Å². The van der Waals surface area contributed by atoms with E-state index in [4.69, 9.17) is 9.47 Å². The first-order valence-electron chi connectivity index (χ1n) is 7.85. The Morgan fingerprint density at radius 3 is 3.05 bits per heavy atom. The summed E-state index contributed by atoms with van der Waals surface area (Å²) in [5.74, 6) is 1.43. The molecule has 2 rings (SSSR count). The molecule has 4 nitrogen and oxygen atoms in total. The number of hydrogen-bond acceptors (Lipinski definition) is 4. The SMILES string of the molecule is CCOCC1CCN(CC(O)COc2cccc(C)c2)C1. The van der Waals surface area contributed by atoms with E-state index >= 15 is 0 Å². The standard InChI is InChI=1S/C17H27NO3/c1-3-20-12-15-7-8-18(10-15)11-16(19)13-21-17-6-4-5-14(2)9-17/h4-6,9,15-16,19H,3,7-8,10-13H2,1-2H3. The monoisotopic (exact) mass is 293 g/mol. The highest BCUT2D eigenvalue weighted by atomic mass is 16.5. The molecule has 0 aliphatic carbocycles. The maximum Gasteiger partial charge on any atom is 0.119 e. The summed E-state index contributed by atoms with van der Waals surface area (Å²) in [6.07, 6.45) is 0.710. The third kappa shape index (κ3) is 5.65. The number of ether oxygens (including phenoxy) is 2. The molecule has 1 fully saturated rings. The summed E-state index contributed by atoms with van der Waals surface area (Å²) in [7, 11) is 0. The average Bonchev–Trinajstić information content (AvgIpc) is 2.90. The second-order valence-electron chi connectivity index (χ2n) is 5.86. The Balaban J connectivity index is 1.67. The summed E-state index contributed by atoms with van der Waals surface area (Å²) in [6.45, 7) is 8.75. The highest BCUT2D eigenvalue weighted by Gasteiger charge is 2.24. The van der Waals surface area contributed by atoms with Crippen LogP contribution in [0.15, 0.2) is 24.3 Å². The Labute approximate surface area is 127 Å². The van der Waals surface area contributed by atoms with Crippen LogP contribution in [0.4, 0.5) is 0 Å². The van der Waals surface area contributed by atoms with Gasteiger partial charge in [-0.1, -0.05) is 12.1 Å². The van der Waals surface area contributed by atoms with Crippen LogP contribution in [-0.2, 0) is 4.74 Å². The molecular formula is C17H27NO3. The third-order valence-electron chi connectivity index (χ3n) is 3.83. The first kappa shape index (κ1) is 16.3. The van der Waals surface area contributed by atoms with Crippen LogP contribution in [0.25, 0.3) is 0 Å². The molecule has 1 N–H and O–H groups in total. The van der Waals surface area contributed by atoms with Gasteiger partial charge in [0.05, 0.1) is 6.61 Å². The molecule has 1 saturated heterocycles. The molecule has 0 bridgehead atoms. The Morgan fingerprint density at radius 1 is 1.43 bits per heavy atom. The molecule has 0 spiro atoms. The Kier molecular flexibility index (Phi) is 6.49. The van der Waals surface area contributed by atoms with E-state index in [0.717, 1.165) is 38.5 Å². The van der Waals surface area contributed by atoms with Gasteiger partial charge in [-0.3, -0.25) is 0 Å². The van der Waals surface area contributed by atoms with Crippen molar-refractivity contribution in [3.8, 4) is 5.75 Å². The van der Waals surface area contributed by atoms with E-state index in [2.05, 4.69) is 4.90 Å². The minimum absolute atomic E-state index is 0.343. The molecule has 0 saturated carbocycles. The molecule has 21 heavy (non-hydrogen) atoms. The quantitative estimate of drug-likeness (QED) is 0.797. The van der Waals surface area contributed by atoms with E-state index in [9.17, 15) is 5.11 Å². The van der Waals surface area contributed by atoms with E-state index < -0.39 is 6.10 Å². The lowest BCUT2D eigenvalue weighted by atomic mass is 10.1. The predicted octanol–water partition coefficient (Wildman–Crippen LogP) is 2.09. The van der Waals surface area contributed by atoms with Crippen molar-refractivity contribution in [1.29, 1.82) is 0 Å². The van der Waals surface area contributed by atoms with Crippen LogP contribution in [0.3, 0.4) is 0 Å². The highest BCUT2D eigenvalue weighted by molar-refractivity contribution is 5.27. The first-order chi connectivity index (χ1) is 10.2. The number of hydrogen-bond donors (Lipinski definition) is 1. The maximum absolute atomic E-state index is 10.1. The van der Waals surface area contributed by atoms with Gasteiger partial charge in [0.2, 0.25) is 0 Å². The van der Waals surface area contributed by atoms with E-state index in [1.165, 1.54) is 5.56 Å². The number of aliphatic hydroxyl groups excluding tert-OH is 1. The van der Waals surface area contributed by atoms with Gasteiger partial charge in [0.15, 0.2) is 0 Å². The van der Waals surface area contributed by atoms with Crippen LogP contribution in [0.1, 0.15) is 18.9 Å². The summed E-state index contributed by atoms with van der Waals surface area (Å²) in [6, 6.07) is 7.91. The van der Waals surface area contributed by atoms with Crippen LogP contribution < -0.4 is 4.74 Å². The lowest BCUT2D eigenvalue weighted by Crippen LogP contribution is -2.34. The van der Waals surface area contributed by atoms with Gasteiger partial charge in [0, 0.05) is 19.7 Å². The third-order valence-corrected chi connectivity index (χ3v) is 3.83. The van der Waals surface area contributed by atoms with Crippen molar-refractivity contribution in [2.24, 2.45) is 5.92 Å². The van der Waals surface area contributed by atoms with Gasteiger partial charge in [-0.2, -0.15) is 0 Å². The van der Waals surface area contributed by atoms with Gasteiger partial charge in [0.25, 0.3) is 0 Å². The lowest BCUT2D eigenvalue weighted by Gasteiger charge is -2.20. The van der Waals surface area contributed by atoms with Gasteiger partial charge in [-0.15, -0.1) is 0 Å². The molecule has 4 heteroatoms. The molecule has 2 atom stereocenters. The van der Waals surface area contributed by atoms with Gasteiger partial charge in [-0.05, 0) is 50.4 Å². The zero-order valence-corrected chi connectivity index (χ0v) is 13.1. The minimum atomic E-state index is -0.448. The minimum Gasteiger partial charge on any atom is -0.491 e. The largest absolute Gasteiger partial charge is 0.491 e. The second-order valence-corrected chi connectivity index (χ2v) is 5.86. The first-order valence-corrected chi connectivity index (χ1v) is 7.85. The van der Waals surface area contributed by atoms with Crippen LogP contribution >= 0.6 is 0 Å². The molecule has 0 amide bonds. The fourth-order valence-electron chi connectivity index (χ4n) is 2.75. The van der Waals surface area contributed by atoms with Crippen molar-refractivity contribution in [2.75, 3.05) is 39.5 Å². The van der Waals surface area contributed by atoms with Crippen molar-refractivity contribution in [3.63, 3.8) is 0 Å². The molecule has 1 aromatic carbocycles. The fraction of sp³-hybridized carbons (Fsp3) is 0.647. The van der Waals surface area contributed by atoms with Gasteiger partial charge >= 0.3 is 0 Å². The van der Waals surface area contributed by atoms with Gasteiger partial charge in [0.1, 0.15) is 18.5 Å². The smallest absolute Gasteiger partial charge is 0.119 e. The van der Waals surface area contributed by atoms with Crippen LogP contribution in [-0.4, -0.2) is 55.6 Å². The Morgan fingerprint density at radius 2 is 2.29 bits per heavy atom. The van der Waals surface area contributed by atoms with Gasteiger partial charge < -0.3 is 19.5 Å². The zero-order valence-electron chi connectivity index (χ0n) is 13.1. The molecule has 1 aliphatic rings. The molecular weight excluding hydrogens is 266 g/mol. The topological polar surface area (TPSA) is 41.9 Å². The van der Waals surface area contributed by atoms with Crippen LogP contribution in [0, 0.1) is 12.8 Å². The molecule has 1 heterocycles. The molecule has 0 radical (unpaired) electrons. The zero-order chi connectivity index (χ0) is 15.1. The number of β-amino-alcohol motifs (C(OH)–C–C–N with tert-alkyl or cyclic N) is 1. The van der Waals surface area contributed by atoms with E-state index in [0.29, 0.717) is 19.1 Å².